The van der Waals surface area contributed by atoms with E-state index in [0.29, 0.717) is 5.69 Å². The van der Waals surface area contributed by atoms with E-state index in [4.69, 9.17) is 5.73 Å². The van der Waals surface area contributed by atoms with Crippen LogP contribution >= 0.6 is 24.8 Å². The maximum absolute atomic E-state index is 11.0. The van der Waals surface area contributed by atoms with E-state index in [1.165, 1.54) is 0 Å². The fourth-order valence-electron chi connectivity index (χ4n) is 1.48. The fraction of sp³-hybridized carbons (Fsp3) is 0.222. The largest absolute Gasteiger partial charge is 0.412 e. The molecule has 0 aliphatic carbocycles. The van der Waals surface area contributed by atoms with Crippen molar-refractivity contribution in [1.29, 1.82) is 0 Å². The van der Waals surface area contributed by atoms with Crippen molar-refractivity contribution in [3.05, 3.63) is 22.6 Å². The molecule has 0 saturated heterocycles. The molecule has 0 bridgehead atoms. The SMILES string of the molecule is CN(C)c1cc2[nH]c(=O)[nH]c2cc1N.Cl.Cl.O. The highest BCUT2D eigenvalue weighted by atomic mass is 35.5. The molecule has 0 fully saturated rings. The van der Waals surface area contributed by atoms with Gasteiger partial charge in [0.1, 0.15) is 0 Å². The number of benzene rings is 1. The number of nitrogens with two attached hydrogens (primary N) is 1. The van der Waals surface area contributed by atoms with Gasteiger partial charge in [-0.25, -0.2) is 4.79 Å². The van der Waals surface area contributed by atoms with Crippen LogP contribution in [0.5, 0.6) is 0 Å². The standard InChI is InChI=1S/C9H12N4O.2ClH.H2O/c1-13(2)8-4-7-6(3-5(8)10)11-9(14)12-7;;;/h3-4H,10H2,1-2H3,(H2,11,12,14);2*1H;1H2. The van der Waals surface area contributed by atoms with Gasteiger partial charge in [-0.1, -0.05) is 0 Å². The second kappa shape index (κ2) is 6.39. The molecular weight excluding hydrogens is 267 g/mol. The smallest absolute Gasteiger partial charge is 0.323 e. The third-order valence-corrected chi connectivity index (χ3v) is 2.15. The van der Waals surface area contributed by atoms with Crippen LogP contribution in [0, 0.1) is 0 Å². The summed E-state index contributed by atoms with van der Waals surface area (Å²) in [6.45, 7) is 0. The van der Waals surface area contributed by atoms with E-state index in [9.17, 15) is 4.79 Å². The highest BCUT2D eigenvalue weighted by molar-refractivity contribution is 5.86. The summed E-state index contributed by atoms with van der Waals surface area (Å²) in [5.41, 5.74) is 8.66. The Hall–Kier alpha value is -1.37. The zero-order chi connectivity index (χ0) is 10.3. The summed E-state index contributed by atoms with van der Waals surface area (Å²) < 4.78 is 0. The number of nitrogens with one attached hydrogen (secondary N) is 2. The summed E-state index contributed by atoms with van der Waals surface area (Å²) in [6, 6.07) is 3.60. The number of anilines is 2. The van der Waals surface area contributed by atoms with Crippen LogP contribution in [0.4, 0.5) is 11.4 Å². The number of hydrogen-bond acceptors (Lipinski definition) is 3. The minimum Gasteiger partial charge on any atom is -0.412 e. The zero-order valence-electron chi connectivity index (χ0n) is 9.40. The minimum absolute atomic E-state index is 0. The molecule has 0 saturated carbocycles. The summed E-state index contributed by atoms with van der Waals surface area (Å²) in [6.07, 6.45) is 0. The molecule has 17 heavy (non-hydrogen) atoms. The molecule has 98 valence electrons. The second-order valence-corrected chi connectivity index (χ2v) is 3.43. The maximum atomic E-state index is 11.0. The molecular formula is C9H16Cl2N4O2. The van der Waals surface area contributed by atoms with E-state index in [-0.39, 0.29) is 36.0 Å². The van der Waals surface area contributed by atoms with Crippen LogP contribution in [0.15, 0.2) is 16.9 Å². The van der Waals surface area contributed by atoms with Crippen molar-refractivity contribution in [3.63, 3.8) is 0 Å². The number of aromatic nitrogens is 2. The van der Waals surface area contributed by atoms with Gasteiger partial charge in [0.2, 0.25) is 0 Å². The lowest BCUT2D eigenvalue weighted by Gasteiger charge is -2.14. The lowest BCUT2D eigenvalue weighted by molar-refractivity contribution is 0.824. The van der Waals surface area contributed by atoms with Crippen molar-refractivity contribution in [2.45, 2.75) is 0 Å². The summed E-state index contributed by atoms with van der Waals surface area (Å²) >= 11 is 0. The first-order valence-electron chi connectivity index (χ1n) is 4.27. The van der Waals surface area contributed by atoms with Crippen LogP contribution in [0.25, 0.3) is 11.0 Å². The van der Waals surface area contributed by atoms with Gasteiger partial charge in [0.25, 0.3) is 0 Å². The van der Waals surface area contributed by atoms with Gasteiger partial charge in [0, 0.05) is 14.1 Å². The Morgan fingerprint density at radius 1 is 1.12 bits per heavy atom. The number of aromatic amines is 2. The van der Waals surface area contributed by atoms with Crippen molar-refractivity contribution >= 4 is 47.2 Å². The van der Waals surface area contributed by atoms with Crippen LogP contribution in [-0.4, -0.2) is 29.5 Å². The number of rotatable bonds is 1. The molecule has 1 aromatic heterocycles. The van der Waals surface area contributed by atoms with Crippen LogP contribution in [0.3, 0.4) is 0 Å². The molecule has 2 rings (SSSR count). The maximum Gasteiger partial charge on any atom is 0.323 e. The molecule has 0 spiro atoms. The molecule has 0 aliphatic rings. The average molecular weight is 283 g/mol. The third-order valence-electron chi connectivity index (χ3n) is 2.15. The number of imidazole rings is 1. The molecule has 6 N–H and O–H groups in total. The number of H-pyrrole nitrogens is 2. The van der Waals surface area contributed by atoms with Crippen LogP contribution < -0.4 is 16.3 Å². The Morgan fingerprint density at radius 2 is 1.59 bits per heavy atom. The summed E-state index contributed by atoms with van der Waals surface area (Å²) in [5, 5.41) is 0. The Morgan fingerprint density at radius 3 is 2.06 bits per heavy atom. The number of nitrogen functional groups attached to an aromatic ring is 1. The summed E-state index contributed by atoms with van der Waals surface area (Å²) in [7, 11) is 3.81. The van der Waals surface area contributed by atoms with E-state index < -0.39 is 0 Å². The fourth-order valence-corrected chi connectivity index (χ4v) is 1.48. The molecule has 0 unspecified atom stereocenters. The van der Waals surface area contributed by atoms with Gasteiger partial charge in [-0.2, -0.15) is 0 Å². The number of fused-ring (bicyclic) bond motifs is 1. The van der Waals surface area contributed by atoms with Crippen LogP contribution in [0.2, 0.25) is 0 Å². The van der Waals surface area contributed by atoms with Crippen molar-refractivity contribution in [1.82, 2.24) is 9.97 Å². The lowest BCUT2D eigenvalue weighted by atomic mass is 10.2. The molecule has 0 amide bonds. The minimum atomic E-state index is -0.213. The summed E-state index contributed by atoms with van der Waals surface area (Å²) in [4.78, 5) is 18.3. The third kappa shape index (κ3) is 3.29. The molecule has 0 radical (unpaired) electrons. The zero-order valence-corrected chi connectivity index (χ0v) is 11.0. The molecule has 0 aliphatic heterocycles. The van der Waals surface area contributed by atoms with Crippen molar-refractivity contribution < 1.29 is 5.48 Å². The van der Waals surface area contributed by atoms with E-state index in [1.54, 1.807) is 6.07 Å². The number of nitrogens with zero attached hydrogens (tertiary/aromatic N) is 1. The number of hydrogen-bond donors (Lipinski definition) is 3. The molecule has 2 aromatic rings. The van der Waals surface area contributed by atoms with Crippen molar-refractivity contribution in [3.8, 4) is 0 Å². The predicted octanol–water partition coefficient (Wildman–Crippen LogP) is 0.523. The molecule has 6 nitrogen and oxygen atoms in total. The van der Waals surface area contributed by atoms with Crippen molar-refractivity contribution in [2.24, 2.45) is 0 Å². The summed E-state index contributed by atoms with van der Waals surface area (Å²) in [5.74, 6) is 0. The Bertz CT molecular complexity index is 535. The predicted molar refractivity (Wildman–Crippen MR) is 75.8 cm³/mol. The first kappa shape index (κ1) is 18.0. The monoisotopic (exact) mass is 282 g/mol. The van der Waals surface area contributed by atoms with E-state index in [0.717, 1.165) is 16.7 Å². The van der Waals surface area contributed by atoms with Gasteiger partial charge in [0.15, 0.2) is 0 Å². The molecule has 0 atom stereocenters. The van der Waals surface area contributed by atoms with Crippen LogP contribution in [0.1, 0.15) is 0 Å². The van der Waals surface area contributed by atoms with Gasteiger partial charge in [-0.05, 0) is 12.1 Å². The molecule has 1 heterocycles. The highest BCUT2D eigenvalue weighted by Crippen LogP contribution is 2.25. The van der Waals surface area contributed by atoms with E-state index in [2.05, 4.69) is 9.97 Å². The van der Waals surface area contributed by atoms with Crippen molar-refractivity contribution in [2.75, 3.05) is 24.7 Å². The van der Waals surface area contributed by atoms with Gasteiger partial charge in [0.05, 0.1) is 22.4 Å². The quantitative estimate of drug-likeness (QED) is 0.664. The Kier molecular flexibility index (Phi) is 6.76. The first-order chi connectivity index (χ1) is 6.58. The molecule has 8 heteroatoms. The Balaban J connectivity index is 0. The average Bonchev–Trinajstić information content (AvgIpc) is 2.42. The van der Waals surface area contributed by atoms with Gasteiger partial charge in [-0.3, -0.25) is 0 Å². The molecule has 1 aromatic carbocycles. The second-order valence-electron chi connectivity index (χ2n) is 3.43. The van der Waals surface area contributed by atoms with Crippen LogP contribution in [-0.2, 0) is 0 Å². The number of halogens is 2. The van der Waals surface area contributed by atoms with Gasteiger partial charge >= 0.3 is 5.69 Å². The van der Waals surface area contributed by atoms with E-state index in [1.807, 2.05) is 25.1 Å². The first-order valence-corrected chi connectivity index (χ1v) is 4.27. The lowest BCUT2D eigenvalue weighted by Crippen LogP contribution is -2.10. The van der Waals surface area contributed by atoms with Gasteiger partial charge < -0.3 is 26.1 Å². The highest BCUT2D eigenvalue weighted by Gasteiger charge is 2.05. The van der Waals surface area contributed by atoms with Gasteiger partial charge in [-0.15, -0.1) is 24.8 Å². The van der Waals surface area contributed by atoms with E-state index >= 15 is 0 Å². The Labute approximate surface area is 110 Å². The topological polar surface area (TPSA) is 109 Å². The normalized spacial score (nSPS) is 8.82.